The molecule has 2 aromatic rings. The van der Waals surface area contributed by atoms with Gasteiger partial charge in [0.2, 0.25) is 0 Å². The van der Waals surface area contributed by atoms with E-state index in [9.17, 15) is 8.78 Å². The molecule has 0 atom stereocenters. The molecule has 0 radical (unpaired) electrons. The van der Waals surface area contributed by atoms with Gasteiger partial charge in [-0.3, -0.25) is 5.10 Å². The zero-order valence-electron chi connectivity index (χ0n) is 9.78. The lowest BCUT2D eigenvalue weighted by molar-refractivity contribution is -0.0498. The number of H-pyrrole nitrogens is 1. The molecular weight excluding hydrogens is 240 g/mol. The number of nitrogens with zero attached hydrogens (tertiary/aromatic N) is 1. The second-order valence-electron chi connectivity index (χ2n) is 3.72. The summed E-state index contributed by atoms with van der Waals surface area (Å²) >= 11 is 0. The summed E-state index contributed by atoms with van der Waals surface area (Å²) in [5.41, 5.74) is 8.27. The van der Waals surface area contributed by atoms with Gasteiger partial charge in [0, 0.05) is 11.1 Å². The lowest BCUT2D eigenvalue weighted by Crippen LogP contribution is -2.01. The van der Waals surface area contributed by atoms with Crippen LogP contribution < -0.4 is 10.5 Å². The molecule has 0 aliphatic carbocycles. The molecule has 6 heteroatoms. The van der Waals surface area contributed by atoms with Crippen molar-refractivity contribution in [3.63, 3.8) is 0 Å². The van der Waals surface area contributed by atoms with E-state index in [4.69, 9.17) is 5.73 Å². The Morgan fingerprint density at radius 2 is 2.00 bits per heavy atom. The van der Waals surface area contributed by atoms with E-state index in [1.807, 2.05) is 6.92 Å². The van der Waals surface area contributed by atoms with Crippen molar-refractivity contribution >= 4 is 5.82 Å². The number of rotatable bonds is 4. The van der Waals surface area contributed by atoms with Crippen molar-refractivity contribution in [3.8, 4) is 17.0 Å². The molecule has 0 aliphatic rings. The summed E-state index contributed by atoms with van der Waals surface area (Å²) in [6, 6.07) is 6.34. The average molecular weight is 253 g/mol. The van der Waals surface area contributed by atoms with Gasteiger partial charge in [0.15, 0.2) is 0 Å². The van der Waals surface area contributed by atoms with Gasteiger partial charge in [-0.15, -0.1) is 0 Å². The van der Waals surface area contributed by atoms with Crippen LogP contribution in [-0.4, -0.2) is 16.8 Å². The van der Waals surface area contributed by atoms with Crippen LogP contribution >= 0.6 is 0 Å². The maximum atomic E-state index is 12.0. The lowest BCUT2D eigenvalue weighted by atomic mass is 10.1. The maximum Gasteiger partial charge on any atom is 0.387 e. The molecule has 0 spiro atoms. The van der Waals surface area contributed by atoms with Gasteiger partial charge < -0.3 is 10.5 Å². The van der Waals surface area contributed by atoms with Crippen LogP contribution in [0.15, 0.2) is 24.3 Å². The second-order valence-corrected chi connectivity index (χ2v) is 3.72. The van der Waals surface area contributed by atoms with Gasteiger partial charge in [0.25, 0.3) is 0 Å². The molecule has 0 saturated carbocycles. The fraction of sp³-hybridized carbons (Fsp3) is 0.250. The molecule has 0 fully saturated rings. The molecule has 0 aliphatic heterocycles. The average Bonchev–Trinajstić information content (AvgIpc) is 2.70. The number of ether oxygens (including phenoxy) is 1. The third kappa shape index (κ3) is 2.42. The van der Waals surface area contributed by atoms with Gasteiger partial charge in [-0.1, -0.05) is 6.92 Å². The van der Waals surface area contributed by atoms with E-state index in [-0.39, 0.29) is 5.75 Å². The first-order chi connectivity index (χ1) is 8.61. The number of nitrogens with one attached hydrogen (secondary N) is 1. The fourth-order valence-electron chi connectivity index (χ4n) is 1.78. The molecule has 0 bridgehead atoms. The number of aromatic nitrogens is 2. The third-order valence-electron chi connectivity index (χ3n) is 2.62. The number of anilines is 1. The predicted octanol–water partition coefficient (Wildman–Crippen LogP) is 2.82. The van der Waals surface area contributed by atoms with Crippen LogP contribution in [-0.2, 0) is 6.42 Å². The highest BCUT2D eigenvalue weighted by molar-refractivity contribution is 5.68. The van der Waals surface area contributed by atoms with Gasteiger partial charge in [0.1, 0.15) is 11.6 Å². The summed E-state index contributed by atoms with van der Waals surface area (Å²) in [5, 5.41) is 6.77. The predicted molar refractivity (Wildman–Crippen MR) is 64.4 cm³/mol. The molecule has 18 heavy (non-hydrogen) atoms. The summed E-state index contributed by atoms with van der Waals surface area (Å²) in [5.74, 6) is 0.583. The minimum atomic E-state index is -2.81. The van der Waals surface area contributed by atoms with Crippen molar-refractivity contribution in [2.24, 2.45) is 0 Å². The molecule has 96 valence electrons. The second kappa shape index (κ2) is 5.03. The Kier molecular flexibility index (Phi) is 3.45. The Morgan fingerprint density at radius 1 is 1.33 bits per heavy atom. The number of hydrogen-bond acceptors (Lipinski definition) is 3. The zero-order chi connectivity index (χ0) is 13.1. The van der Waals surface area contributed by atoms with Crippen LogP contribution in [0.4, 0.5) is 14.6 Å². The number of benzene rings is 1. The number of nitrogens with two attached hydrogens (primary N) is 1. The van der Waals surface area contributed by atoms with E-state index < -0.39 is 6.61 Å². The van der Waals surface area contributed by atoms with Crippen LogP contribution in [0, 0.1) is 0 Å². The molecule has 1 aromatic heterocycles. The van der Waals surface area contributed by atoms with Crippen LogP contribution in [0.5, 0.6) is 5.75 Å². The van der Waals surface area contributed by atoms with Gasteiger partial charge in [-0.25, -0.2) is 0 Å². The van der Waals surface area contributed by atoms with Crippen LogP contribution in [0.3, 0.4) is 0 Å². The van der Waals surface area contributed by atoms with E-state index in [2.05, 4.69) is 14.9 Å². The molecule has 0 saturated heterocycles. The van der Waals surface area contributed by atoms with Crippen molar-refractivity contribution < 1.29 is 13.5 Å². The maximum absolute atomic E-state index is 12.0. The molecule has 3 N–H and O–H groups in total. The van der Waals surface area contributed by atoms with Crippen LogP contribution in [0.2, 0.25) is 0 Å². The molecule has 4 nitrogen and oxygen atoms in total. The number of hydrogen-bond donors (Lipinski definition) is 2. The lowest BCUT2D eigenvalue weighted by Gasteiger charge is -2.06. The number of halogens is 2. The molecule has 1 heterocycles. The Morgan fingerprint density at radius 3 is 2.56 bits per heavy atom. The standard InChI is InChI=1S/C12H13F2N3O/c1-2-9-10(16-17-11(9)15)7-3-5-8(6-4-7)18-12(13)14/h3-6,12H,2H2,1H3,(H3,15,16,17). The van der Waals surface area contributed by atoms with Crippen molar-refractivity contribution in [3.05, 3.63) is 29.8 Å². The highest BCUT2D eigenvalue weighted by Crippen LogP contribution is 2.27. The van der Waals surface area contributed by atoms with Gasteiger partial charge in [-0.05, 0) is 30.7 Å². The highest BCUT2D eigenvalue weighted by Gasteiger charge is 2.11. The van der Waals surface area contributed by atoms with E-state index in [1.165, 1.54) is 12.1 Å². The van der Waals surface area contributed by atoms with Gasteiger partial charge in [0.05, 0.1) is 5.69 Å². The van der Waals surface area contributed by atoms with Crippen molar-refractivity contribution in [2.45, 2.75) is 20.0 Å². The largest absolute Gasteiger partial charge is 0.435 e. The Balaban J connectivity index is 2.28. The Bertz CT molecular complexity index is 523. The van der Waals surface area contributed by atoms with Crippen molar-refractivity contribution in [2.75, 3.05) is 5.73 Å². The third-order valence-corrected chi connectivity index (χ3v) is 2.62. The molecule has 2 rings (SSSR count). The minimum absolute atomic E-state index is 0.124. The van der Waals surface area contributed by atoms with Crippen LogP contribution in [0.25, 0.3) is 11.3 Å². The molecule has 0 unspecified atom stereocenters. The van der Waals surface area contributed by atoms with E-state index in [0.29, 0.717) is 5.82 Å². The van der Waals surface area contributed by atoms with Gasteiger partial charge >= 0.3 is 6.61 Å². The number of aromatic amines is 1. The van der Waals surface area contributed by atoms with E-state index in [0.717, 1.165) is 23.2 Å². The van der Waals surface area contributed by atoms with Crippen molar-refractivity contribution in [1.29, 1.82) is 0 Å². The molecular formula is C12H13F2N3O. The Labute approximate surface area is 103 Å². The summed E-state index contributed by atoms with van der Waals surface area (Å²) in [7, 11) is 0. The fourth-order valence-corrected chi connectivity index (χ4v) is 1.78. The van der Waals surface area contributed by atoms with Gasteiger partial charge in [-0.2, -0.15) is 13.9 Å². The number of nitrogen functional groups attached to an aromatic ring is 1. The smallest absolute Gasteiger partial charge is 0.387 e. The van der Waals surface area contributed by atoms with E-state index >= 15 is 0 Å². The SMILES string of the molecule is CCc1c(N)n[nH]c1-c1ccc(OC(F)F)cc1. The molecule has 0 amide bonds. The monoisotopic (exact) mass is 253 g/mol. The van der Waals surface area contributed by atoms with Crippen LogP contribution in [0.1, 0.15) is 12.5 Å². The zero-order valence-corrected chi connectivity index (χ0v) is 9.78. The topological polar surface area (TPSA) is 63.9 Å². The molecule has 1 aromatic carbocycles. The minimum Gasteiger partial charge on any atom is -0.435 e. The quantitative estimate of drug-likeness (QED) is 0.880. The summed E-state index contributed by atoms with van der Waals surface area (Å²) < 4.78 is 28.3. The summed E-state index contributed by atoms with van der Waals surface area (Å²) in [4.78, 5) is 0. The normalized spacial score (nSPS) is 10.9. The summed E-state index contributed by atoms with van der Waals surface area (Å²) in [6.07, 6.45) is 0.743. The van der Waals surface area contributed by atoms with E-state index in [1.54, 1.807) is 12.1 Å². The summed E-state index contributed by atoms with van der Waals surface area (Å²) in [6.45, 7) is -0.844. The first kappa shape index (κ1) is 12.3. The highest BCUT2D eigenvalue weighted by atomic mass is 19.3. The van der Waals surface area contributed by atoms with Crippen molar-refractivity contribution in [1.82, 2.24) is 10.2 Å². The first-order valence-corrected chi connectivity index (χ1v) is 5.49. The number of alkyl halides is 2. The first-order valence-electron chi connectivity index (χ1n) is 5.49. The Hall–Kier alpha value is -2.11.